The van der Waals surface area contributed by atoms with Crippen LogP contribution in [0.1, 0.15) is 16.7 Å². The summed E-state index contributed by atoms with van der Waals surface area (Å²) in [6.45, 7) is -0.0438. The van der Waals surface area contributed by atoms with E-state index in [2.05, 4.69) is 10.5 Å². The number of hydrogen-bond donors (Lipinski definition) is 1. The highest BCUT2D eigenvalue weighted by molar-refractivity contribution is 6.32. The predicted molar refractivity (Wildman–Crippen MR) is 121 cm³/mol. The average Bonchev–Trinajstić information content (AvgIpc) is 2.79. The second-order valence-electron chi connectivity index (χ2n) is 6.77. The minimum atomic E-state index is -0.546. The molecule has 33 heavy (non-hydrogen) atoms. The van der Waals surface area contributed by atoms with Crippen molar-refractivity contribution >= 4 is 29.4 Å². The standard InChI is InChI=1S/C23H19ClFN3O5/c1-32-21-11-15(10-18(24)23(21)33-14-17-7-2-4-8-19(17)25)13-26-27-22(29)12-16-6-3-5-9-20(16)28(30)31/h2-11,13H,12,14H2,1H3,(H,27,29). The summed E-state index contributed by atoms with van der Waals surface area (Å²) in [7, 11) is 1.43. The topological polar surface area (TPSA) is 103 Å². The molecule has 0 aliphatic carbocycles. The first-order valence-electron chi connectivity index (χ1n) is 9.67. The van der Waals surface area contributed by atoms with Gasteiger partial charge in [-0.05, 0) is 23.8 Å². The smallest absolute Gasteiger partial charge is 0.273 e. The maximum atomic E-state index is 13.8. The van der Waals surface area contributed by atoms with Crippen molar-refractivity contribution in [2.24, 2.45) is 5.10 Å². The van der Waals surface area contributed by atoms with Crippen molar-refractivity contribution in [2.75, 3.05) is 7.11 Å². The van der Waals surface area contributed by atoms with Crippen molar-refractivity contribution in [3.05, 3.63) is 98.3 Å². The Morgan fingerprint density at radius 2 is 1.88 bits per heavy atom. The Bertz CT molecular complexity index is 1200. The van der Waals surface area contributed by atoms with E-state index in [1.807, 2.05) is 0 Å². The number of hydrazone groups is 1. The zero-order valence-electron chi connectivity index (χ0n) is 17.5. The highest BCUT2D eigenvalue weighted by Gasteiger charge is 2.16. The van der Waals surface area contributed by atoms with Gasteiger partial charge in [0.1, 0.15) is 12.4 Å². The molecule has 0 aliphatic heterocycles. The summed E-state index contributed by atoms with van der Waals surface area (Å²) < 4.78 is 24.8. The molecule has 0 aromatic heterocycles. The Labute approximate surface area is 193 Å². The zero-order chi connectivity index (χ0) is 23.8. The summed E-state index contributed by atoms with van der Waals surface area (Å²) >= 11 is 6.30. The van der Waals surface area contributed by atoms with E-state index in [-0.39, 0.29) is 35.1 Å². The first kappa shape index (κ1) is 23.7. The van der Waals surface area contributed by atoms with Crippen LogP contribution in [0.15, 0.2) is 65.8 Å². The van der Waals surface area contributed by atoms with E-state index in [0.29, 0.717) is 16.9 Å². The van der Waals surface area contributed by atoms with Crippen LogP contribution in [0.25, 0.3) is 0 Å². The van der Waals surface area contributed by atoms with Gasteiger partial charge in [0.05, 0.1) is 29.7 Å². The van der Waals surface area contributed by atoms with E-state index >= 15 is 0 Å². The number of ether oxygens (including phenoxy) is 2. The molecule has 0 bridgehead atoms. The predicted octanol–water partition coefficient (Wildman–Crippen LogP) is 4.67. The molecule has 170 valence electrons. The van der Waals surface area contributed by atoms with E-state index in [1.54, 1.807) is 36.4 Å². The summed E-state index contributed by atoms with van der Waals surface area (Å²) in [6.07, 6.45) is 1.13. The second-order valence-corrected chi connectivity index (χ2v) is 7.18. The summed E-state index contributed by atoms with van der Waals surface area (Å²) in [5.41, 5.74) is 3.32. The summed E-state index contributed by atoms with van der Waals surface area (Å²) in [5, 5.41) is 15.1. The second kappa shape index (κ2) is 11.1. The number of rotatable bonds is 9. The number of carbonyl (C=O) groups is 1. The number of hydrogen-bond acceptors (Lipinski definition) is 6. The number of benzene rings is 3. The van der Waals surface area contributed by atoms with Crippen molar-refractivity contribution in [3.8, 4) is 11.5 Å². The molecule has 0 aliphatic rings. The fourth-order valence-electron chi connectivity index (χ4n) is 2.95. The van der Waals surface area contributed by atoms with Crippen LogP contribution in [0, 0.1) is 15.9 Å². The third-order valence-corrected chi connectivity index (χ3v) is 4.80. The van der Waals surface area contributed by atoms with Gasteiger partial charge in [0.15, 0.2) is 11.5 Å². The van der Waals surface area contributed by atoms with Gasteiger partial charge in [-0.2, -0.15) is 5.10 Å². The molecule has 0 heterocycles. The van der Waals surface area contributed by atoms with Crippen LogP contribution in [0.3, 0.4) is 0 Å². The number of para-hydroxylation sites is 1. The van der Waals surface area contributed by atoms with Gasteiger partial charge in [-0.1, -0.05) is 48.0 Å². The van der Waals surface area contributed by atoms with Gasteiger partial charge in [0, 0.05) is 17.2 Å². The number of nitro groups is 1. The number of carbonyl (C=O) groups excluding carboxylic acids is 1. The Morgan fingerprint density at radius 1 is 1.18 bits per heavy atom. The molecule has 0 radical (unpaired) electrons. The highest BCUT2D eigenvalue weighted by atomic mass is 35.5. The summed E-state index contributed by atoms with van der Waals surface area (Å²) in [4.78, 5) is 22.6. The van der Waals surface area contributed by atoms with E-state index in [4.69, 9.17) is 21.1 Å². The van der Waals surface area contributed by atoms with Crippen molar-refractivity contribution in [1.82, 2.24) is 5.43 Å². The van der Waals surface area contributed by atoms with Gasteiger partial charge in [0.25, 0.3) is 5.69 Å². The number of nitro benzene ring substituents is 1. The van der Waals surface area contributed by atoms with Crippen LogP contribution < -0.4 is 14.9 Å². The number of methoxy groups -OCH3 is 1. The van der Waals surface area contributed by atoms with Crippen LogP contribution in [0.2, 0.25) is 5.02 Å². The molecular formula is C23H19ClFN3O5. The molecule has 0 unspecified atom stereocenters. The first-order chi connectivity index (χ1) is 15.9. The van der Waals surface area contributed by atoms with Crippen LogP contribution in [0.5, 0.6) is 11.5 Å². The molecule has 3 aromatic carbocycles. The van der Waals surface area contributed by atoms with Crippen molar-refractivity contribution in [3.63, 3.8) is 0 Å². The van der Waals surface area contributed by atoms with Gasteiger partial charge in [-0.15, -0.1) is 0 Å². The number of amides is 1. The Balaban J connectivity index is 1.66. The van der Waals surface area contributed by atoms with Crippen LogP contribution in [0.4, 0.5) is 10.1 Å². The molecule has 0 fully saturated rings. The molecular weight excluding hydrogens is 453 g/mol. The number of nitrogens with one attached hydrogen (secondary N) is 1. The van der Waals surface area contributed by atoms with E-state index in [9.17, 15) is 19.3 Å². The summed E-state index contributed by atoms with van der Waals surface area (Å²) in [6, 6.07) is 15.3. The molecule has 8 nitrogen and oxygen atoms in total. The summed E-state index contributed by atoms with van der Waals surface area (Å²) in [5.74, 6) is -0.386. The molecule has 0 spiro atoms. The van der Waals surface area contributed by atoms with Crippen molar-refractivity contribution in [1.29, 1.82) is 0 Å². The van der Waals surface area contributed by atoms with Gasteiger partial charge in [-0.25, -0.2) is 9.82 Å². The first-order valence-corrected chi connectivity index (χ1v) is 10.0. The molecule has 1 N–H and O–H groups in total. The monoisotopic (exact) mass is 471 g/mol. The van der Waals surface area contributed by atoms with Crippen LogP contribution in [-0.2, 0) is 17.8 Å². The Hall–Kier alpha value is -3.98. The maximum absolute atomic E-state index is 13.8. The molecule has 3 aromatic rings. The molecule has 0 atom stereocenters. The lowest BCUT2D eigenvalue weighted by atomic mass is 10.1. The van der Waals surface area contributed by atoms with E-state index < -0.39 is 16.6 Å². The zero-order valence-corrected chi connectivity index (χ0v) is 18.2. The lowest BCUT2D eigenvalue weighted by Crippen LogP contribution is -2.20. The van der Waals surface area contributed by atoms with Crippen LogP contribution >= 0.6 is 11.6 Å². The quantitative estimate of drug-likeness (QED) is 0.277. The SMILES string of the molecule is COc1cc(C=NNC(=O)Cc2ccccc2[N+](=O)[O-])cc(Cl)c1OCc1ccccc1F. The minimum absolute atomic E-state index is 0.0438. The van der Waals surface area contributed by atoms with E-state index in [0.717, 1.165) is 0 Å². The van der Waals surface area contributed by atoms with Crippen molar-refractivity contribution < 1.29 is 23.6 Å². The Kier molecular flexibility index (Phi) is 7.93. The number of halogens is 2. The average molecular weight is 472 g/mol. The lowest BCUT2D eigenvalue weighted by molar-refractivity contribution is -0.385. The Morgan fingerprint density at radius 3 is 2.58 bits per heavy atom. The van der Waals surface area contributed by atoms with Gasteiger partial charge in [0.2, 0.25) is 5.91 Å². The van der Waals surface area contributed by atoms with Gasteiger partial charge < -0.3 is 9.47 Å². The van der Waals surface area contributed by atoms with Gasteiger partial charge >= 0.3 is 0 Å². The fourth-order valence-corrected chi connectivity index (χ4v) is 3.22. The molecule has 10 heteroatoms. The van der Waals surface area contributed by atoms with E-state index in [1.165, 1.54) is 37.6 Å². The minimum Gasteiger partial charge on any atom is -0.493 e. The third kappa shape index (κ3) is 6.27. The molecule has 0 saturated carbocycles. The number of nitrogens with zero attached hydrogens (tertiary/aromatic N) is 2. The maximum Gasteiger partial charge on any atom is 0.273 e. The van der Waals surface area contributed by atoms with Gasteiger partial charge in [-0.3, -0.25) is 14.9 Å². The molecule has 1 amide bonds. The largest absolute Gasteiger partial charge is 0.493 e. The molecule has 3 rings (SSSR count). The van der Waals surface area contributed by atoms with Crippen LogP contribution in [-0.4, -0.2) is 24.2 Å². The normalized spacial score (nSPS) is 10.8. The lowest BCUT2D eigenvalue weighted by Gasteiger charge is -2.13. The highest BCUT2D eigenvalue weighted by Crippen LogP contribution is 2.36. The third-order valence-electron chi connectivity index (χ3n) is 4.52. The fraction of sp³-hybridized carbons (Fsp3) is 0.130. The molecule has 0 saturated heterocycles. The van der Waals surface area contributed by atoms with Crippen molar-refractivity contribution in [2.45, 2.75) is 13.0 Å².